The minimum atomic E-state index is -0.154. The Hall–Kier alpha value is -1.06. The molecule has 1 N–H and O–H groups in total. The van der Waals surface area contributed by atoms with Crippen molar-refractivity contribution in [2.75, 3.05) is 19.6 Å². The summed E-state index contributed by atoms with van der Waals surface area (Å²) < 4.78 is 0. The van der Waals surface area contributed by atoms with Gasteiger partial charge in [0.25, 0.3) is 0 Å². The number of unbranched alkanes of at least 4 members (excludes halogenated alkanes) is 2. The van der Waals surface area contributed by atoms with Crippen LogP contribution < -0.4 is 5.32 Å². The van der Waals surface area contributed by atoms with Crippen LogP contribution in [0.25, 0.3) is 0 Å². The van der Waals surface area contributed by atoms with E-state index in [1.165, 1.54) is 0 Å². The highest BCUT2D eigenvalue weighted by atomic mass is 16.2. The summed E-state index contributed by atoms with van der Waals surface area (Å²) in [5, 5.41) is 2.76. The van der Waals surface area contributed by atoms with Gasteiger partial charge in [-0.2, -0.15) is 0 Å². The number of amides is 2. The van der Waals surface area contributed by atoms with E-state index in [2.05, 4.69) is 19.2 Å². The van der Waals surface area contributed by atoms with E-state index in [4.69, 9.17) is 0 Å². The Morgan fingerprint density at radius 1 is 1.06 bits per heavy atom. The molecule has 0 aromatic heterocycles. The SMILES string of the molecule is CCCCNC(=O)CC(=O)N(CC)CCCC. The van der Waals surface area contributed by atoms with Gasteiger partial charge in [-0.1, -0.05) is 26.7 Å². The van der Waals surface area contributed by atoms with E-state index in [-0.39, 0.29) is 18.2 Å². The van der Waals surface area contributed by atoms with Crippen molar-refractivity contribution in [2.45, 2.75) is 52.9 Å². The van der Waals surface area contributed by atoms with Gasteiger partial charge in [-0.15, -0.1) is 0 Å². The van der Waals surface area contributed by atoms with Gasteiger partial charge in [0.15, 0.2) is 0 Å². The van der Waals surface area contributed by atoms with Crippen molar-refractivity contribution in [1.29, 1.82) is 0 Å². The van der Waals surface area contributed by atoms with Crippen LogP contribution in [0.2, 0.25) is 0 Å². The van der Waals surface area contributed by atoms with Crippen molar-refractivity contribution >= 4 is 11.8 Å². The Balaban J connectivity index is 3.90. The van der Waals surface area contributed by atoms with Crippen molar-refractivity contribution < 1.29 is 9.59 Å². The van der Waals surface area contributed by atoms with Gasteiger partial charge in [0.1, 0.15) is 6.42 Å². The molecule has 2 amide bonds. The van der Waals surface area contributed by atoms with Crippen molar-refractivity contribution in [3.8, 4) is 0 Å². The first kappa shape index (κ1) is 15.9. The van der Waals surface area contributed by atoms with Gasteiger partial charge in [0.05, 0.1) is 0 Å². The van der Waals surface area contributed by atoms with E-state index in [1.54, 1.807) is 4.90 Å². The largest absolute Gasteiger partial charge is 0.356 e. The molecule has 4 heteroatoms. The van der Waals surface area contributed by atoms with Crippen molar-refractivity contribution in [2.24, 2.45) is 0 Å². The molecular formula is C13H26N2O2. The summed E-state index contributed by atoms with van der Waals surface area (Å²) in [6.07, 6.45) is 4.06. The molecule has 0 fully saturated rings. The number of nitrogens with zero attached hydrogens (tertiary/aromatic N) is 1. The second-order valence-corrected chi connectivity index (χ2v) is 4.21. The number of hydrogen-bond donors (Lipinski definition) is 1. The van der Waals surface area contributed by atoms with Crippen LogP contribution in [0.15, 0.2) is 0 Å². The van der Waals surface area contributed by atoms with E-state index in [0.717, 1.165) is 32.2 Å². The van der Waals surface area contributed by atoms with Crippen LogP contribution in [0.1, 0.15) is 52.9 Å². The molecule has 0 spiro atoms. The molecule has 4 nitrogen and oxygen atoms in total. The Bertz CT molecular complexity index is 229. The monoisotopic (exact) mass is 242 g/mol. The van der Waals surface area contributed by atoms with Crippen LogP contribution in [-0.2, 0) is 9.59 Å². The fraction of sp³-hybridized carbons (Fsp3) is 0.846. The van der Waals surface area contributed by atoms with Gasteiger partial charge in [-0.05, 0) is 19.8 Å². The van der Waals surface area contributed by atoms with Crippen molar-refractivity contribution in [3.05, 3.63) is 0 Å². The fourth-order valence-electron chi connectivity index (χ4n) is 1.52. The molecule has 0 aromatic rings. The van der Waals surface area contributed by atoms with Gasteiger partial charge in [-0.25, -0.2) is 0 Å². The quantitative estimate of drug-likeness (QED) is 0.496. The molecule has 0 atom stereocenters. The predicted molar refractivity (Wildman–Crippen MR) is 69.7 cm³/mol. The third kappa shape index (κ3) is 7.77. The maximum atomic E-state index is 11.8. The van der Waals surface area contributed by atoms with E-state index >= 15 is 0 Å². The average Bonchev–Trinajstić information content (AvgIpc) is 2.30. The summed E-state index contributed by atoms with van der Waals surface area (Å²) in [6.45, 7) is 8.22. The standard InChI is InChI=1S/C13H26N2O2/c1-4-7-9-14-12(16)11-13(17)15(6-3)10-8-5-2/h4-11H2,1-3H3,(H,14,16). The lowest BCUT2D eigenvalue weighted by molar-refractivity contribution is -0.136. The number of hydrogen-bond acceptors (Lipinski definition) is 2. The average molecular weight is 242 g/mol. The zero-order chi connectivity index (χ0) is 13.1. The molecule has 0 saturated carbocycles. The number of carbonyl (C=O) groups is 2. The number of rotatable bonds is 9. The molecule has 0 rings (SSSR count). The zero-order valence-electron chi connectivity index (χ0n) is 11.4. The molecule has 0 aliphatic rings. The first-order chi connectivity index (χ1) is 8.15. The Kier molecular flexibility index (Phi) is 9.49. The van der Waals surface area contributed by atoms with E-state index < -0.39 is 0 Å². The highest BCUT2D eigenvalue weighted by Gasteiger charge is 2.14. The molecule has 0 aromatic carbocycles. The van der Waals surface area contributed by atoms with Crippen LogP contribution >= 0.6 is 0 Å². The number of nitrogens with one attached hydrogen (secondary N) is 1. The third-order valence-electron chi connectivity index (χ3n) is 2.68. The molecule has 100 valence electrons. The lowest BCUT2D eigenvalue weighted by atomic mass is 10.2. The summed E-state index contributed by atoms with van der Waals surface area (Å²) in [7, 11) is 0. The summed E-state index contributed by atoms with van der Waals surface area (Å²) in [6, 6.07) is 0. The van der Waals surface area contributed by atoms with Crippen LogP contribution in [0.3, 0.4) is 0 Å². The smallest absolute Gasteiger partial charge is 0.231 e. The first-order valence-corrected chi connectivity index (χ1v) is 6.70. The van der Waals surface area contributed by atoms with E-state index in [0.29, 0.717) is 13.1 Å². The normalized spacial score (nSPS) is 10.1. The highest BCUT2D eigenvalue weighted by Crippen LogP contribution is 1.98. The Morgan fingerprint density at radius 3 is 2.24 bits per heavy atom. The molecule has 17 heavy (non-hydrogen) atoms. The first-order valence-electron chi connectivity index (χ1n) is 6.70. The summed E-state index contributed by atoms with van der Waals surface area (Å²) in [5.41, 5.74) is 0. The maximum Gasteiger partial charge on any atom is 0.231 e. The molecular weight excluding hydrogens is 216 g/mol. The molecule has 0 saturated heterocycles. The van der Waals surface area contributed by atoms with Crippen LogP contribution in [0.4, 0.5) is 0 Å². The minimum Gasteiger partial charge on any atom is -0.356 e. The van der Waals surface area contributed by atoms with Crippen LogP contribution in [0.5, 0.6) is 0 Å². The van der Waals surface area contributed by atoms with E-state index in [9.17, 15) is 9.59 Å². The van der Waals surface area contributed by atoms with Gasteiger partial charge in [0.2, 0.25) is 11.8 Å². The van der Waals surface area contributed by atoms with Gasteiger partial charge >= 0.3 is 0 Å². The van der Waals surface area contributed by atoms with Crippen molar-refractivity contribution in [3.63, 3.8) is 0 Å². The Labute approximate surface area is 105 Å². The van der Waals surface area contributed by atoms with E-state index in [1.807, 2.05) is 6.92 Å². The lowest BCUT2D eigenvalue weighted by Gasteiger charge is -2.20. The second kappa shape index (κ2) is 10.1. The van der Waals surface area contributed by atoms with Gasteiger partial charge in [0, 0.05) is 19.6 Å². The minimum absolute atomic E-state index is 0.0126. The summed E-state index contributed by atoms with van der Waals surface area (Å²) in [5.74, 6) is -0.214. The molecule has 0 radical (unpaired) electrons. The highest BCUT2D eigenvalue weighted by molar-refractivity contribution is 5.96. The lowest BCUT2D eigenvalue weighted by Crippen LogP contribution is -2.36. The molecule has 0 aliphatic heterocycles. The van der Waals surface area contributed by atoms with Crippen LogP contribution in [0, 0.1) is 0 Å². The fourth-order valence-corrected chi connectivity index (χ4v) is 1.52. The second-order valence-electron chi connectivity index (χ2n) is 4.21. The molecule has 0 unspecified atom stereocenters. The molecule has 0 heterocycles. The third-order valence-corrected chi connectivity index (χ3v) is 2.68. The van der Waals surface area contributed by atoms with Gasteiger partial charge in [-0.3, -0.25) is 9.59 Å². The molecule has 0 bridgehead atoms. The Morgan fingerprint density at radius 2 is 1.71 bits per heavy atom. The predicted octanol–water partition coefficient (Wildman–Crippen LogP) is 1.94. The van der Waals surface area contributed by atoms with Crippen molar-refractivity contribution in [1.82, 2.24) is 10.2 Å². The van der Waals surface area contributed by atoms with Crippen LogP contribution in [-0.4, -0.2) is 36.3 Å². The summed E-state index contributed by atoms with van der Waals surface area (Å²) in [4.78, 5) is 25.0. The molecule has 0 aliphatic carbocycles. The maximum absolute atomic E-state index is 11.8. The number of carbonyl (C=O) groups excluding carboxylic acids is 2. The van der Waals surface area contributed by atoms with Gasteiger partial charge < -0.3 is 10.2 Å². The summed E-state index contributed by atoms with van der Waals surface area (Å²) >= 11 is 0. The topological polar surface area (TPSA) is 49.4 Å². The zero-order valence-corrected chi connectivity index (χ0v) is 11.4.